The SMILES string of the molecule is Cc1ccccc1C(=O)N1CCN(c2ccc(NC(=O)CCC3CCCC3)cc2)CC1. The Balaban J connectivity index is 1.25. The molecule has 4 rings (SSSR count). The molecule has 0 bridgehead atoms. The molecule has 0 aromatic heterocycles. The highest BCUT2D eigenvalue weighted by Crippen LogP contribution is 2.28. The third kappa shape index (κ3) is 5.46. The van der Waals surface area contributed by atoms with Crippen LogP contribution in [-0.4, -0.2) is 42.9 Å². The fourth-order valence-corrected chi connectivity index (χ4v) is 4.76. The molecule has 5 nitrogen and oxygen atoms in total. The van der Waals surface area contributed by atoms with Gasteiger partial charge in [-0.05, 0) is 55.2 Å². The Kier molecular flexibility index (Phi) is 6.90. The van der Waals surface area contributed by atoms with Crippen LogP contribution in [0.15, 0.2) is 48.5 Å². The highest BCUT2D eigenvalue weighted by Gasteiger charge is 2.23. The van der Waals surface area contributed by atoms with Crippen LogP contribution >= 0.6 is 0 Å². The molecule has 1 aliphatic heterocycles. The Bertz CT molecular complexity index is 895. The summed E-state index contributed by atoms with van der Waals surface area (Å²) >= 11 is 0. The highest BCUT2D eigenvalue weighted by molar-refractivity contribution is 5.95. The molecule has 1 saturated heterocycles. The number of hydrogen-bond acceptors (Lipinski definition) is 3. The number of carbonyl (C=O) groups excluding carboxylic acids is 2. The summed E-state index contributed by atoms with van der Waals surface area (Å²) in [5.74, 6) is 0.973. The van der Waals surface area contributed by atoms with Crippen molar-refractivity contribution in [2.24, 2.45) is 5.92 Å². The Morgan fingerprint density at radius 3 is 2.29 bits per heavy atom. The van der Waals surface area contributed by atoms with Crippen molar-refractivity contribution < 1.29 is 9.59 Å². The largest absolute Gasteiger partial charge is 0.368 e. The quantitative estimate of drug-likeness (QED) is 0.727. The molecular weight excluding hydrogens is 386 g/mol. The smallest absolute Gasteiger partial charge is 0.254 e. The minimum Gasteiger partial charge on any atom is -0.368 e. The van der Waals surface area contributed by atoms with E-state index >= 15 is 0 Å². The number of carbonyl (C=O) groups is 2. The van der Waals surface area contributed by atoms with Crippen LogP contribution in [-0.2, 0) is 4.79 Å². The standard InChI is InChI=1S/C26H33N3O2/c1-20-6-2-5-9-24(20)26(31)29-18-16-28(17-19-29)23-13-11-22(12-14-23)27-25(30)15-10-21-7-3-4-8-21/h2,5-6,9,11-14,21H,3-4,7-8,10,15-19H2,1H3,(H,27,30). The number of amides is 2. The molecule has 1 N–H and O–H groups in total. The van der Waals surface area contributed by atoms with E-state index in [9.17, 15) is 9.59 Å². The van der Waals surface area contributed by atoms with E-state index in [4.69, 9.17) is 0 Å². The zero-order valence-corrected chi connectivity index (χ0v) is 18.5. The van der Waals surface area contributed by atoms with E-state index in [1.54, 1.807) is 0 Å². The fourth-order valence-electron chi connectivity index (χ4n) is 4.76. The number of nitrogens with one attached hydrogen (secondary N) is 1. The number of benzene rings is 2. The summed E-state index contributed by atoms with van der Waals surface area (Å²) in [6.07, 6.45) is 6.83. The van der Waals surface area contributed by atoms with E-state index in [2.05, 4.69) is 22.3 Å². The Morgan fingerprint density at radius 2 is 1.61 bits per heavy atom. The molecule has 1 saturated carbocycles. The number of nitrogens with zero attached hydrogens (tertiary/aromatic N) is 2. The van der Waals surface area contributed by atoms with Gasteiger partial charge < -0.3 is 15.1 Å². The second-order valence-electron chi connectivity index (χ2n) is 8.88. The molecule has 31 heavy (non-hydrogen) atoms. The second kappa shape index (κ2) is 9.99. The molecule has 2 fully saturated rings. The Morgan fingerprint density at radius 1 is 0.935 bits per heavy atom. The molecule has 164 valence electrons. The zero-order chi connectivity index (χ0) is 21.6. The van der Waals surface area contributed by atoms with Crippen molar-refractivity contribution in [3.8, 4) is 0 Å². The lowest BCUT2D eigenvalue weighted by Crippen LogP contribution is -2.48. The van der Waals surface area contributed by atoms with E-state index in [1.807, 2.05) is 48.2 Å². The summed E-state index contributed by atoms with van der Waals surface area (Å²) in [6.45, 7) is 5.04. The molecule has 0 unspecified atom stereocenters. The first-order valence-electron chi connectivity index (χ1n) is 11.6. The summed E-state index contributed by atoms with van der Waals surface area (Å²) in [6, 6.07) is 15.9. The number of anilines is 2. The van der Waals surface area contributed by atoms with Crippen LogP contribution in [0.25, 0.3) is 0 Å². The predicted octanol–water partition coefficient (Wildman–Crippen LogP) is 4.87. The molecule has 1 aliphatic carbocycles. The maximum atomic E-state index is 12.8. The summed E-state index contributed by atoms with van der Waals surface area (Å²) in [7, 11) is 0. The minimum absolute atomic E-state index is 0.114. The van der Waals surface area contributed by atoms with Crippen LogP contribution in [0, 0.1) is 12.8 Å². The van der Waals surface area contributed by atoms with Gasteiger partial charge in [0.25, 0.3) is 5.91 Å². The van der Waals surface area contributed by atoms with E-state index in [-0.39, 0.29) is 11.8 Å². The van der Waals surface area contributed by atoms with Gasteiger partial charge in [-0.1, -0.05) is 43.9 Å². The van der Waals surface area contributed by atoms with Crippen molar-refractivity contribution in [1.82, 2.24) is 4.90 Å². The topological polar surface area (TPSA) is 52.7 Å². The predicted molar refractivity (Wildman–Crippen MR) is 126 cm³/mol. The molecule has 0 spiro atoms. The average molecular weight is 420 g/mol. The molecule has 2 amide bonds. The van der Waals surface area contributed by atoms with E-state index in [0.717, 1.165) is 47.9 Å². The van der Waals surface area contributed by atoms with Crippen LogP contribution in [0.1, 0.15) is 54.4 Å². The molecule has 0 radical (unpaired) electrons. The van der Waals surface area contributed by atoms with E-state index in [0.29, 0.717) is 19.5 Å². The molecule has 2 aromatic carbocycles. The molecule has 0 atom stereocenters. The summed E-state index contributed by atoms with van der Waals surface area (Å²) in [5, 5.41) is 3.03. The van der Waals surface area contributed by atoms with Gasteiger partial charge in [-0.25, -0.2) is 0 Å². The first-order chi connectivity index (χ1) is 15.1. The zero-order valence-electron chi connectivity index (χ0n) is 18.5. The molecule has 2 aliphatic rings. The molecular formula is C26H33N3O2. The van der Waals surface area contributed by atoms with Crippen LogP contribution in [0.3, 0.4) is 0 Å². The normalized spacial score (nSPS) is 17.1. The van der Waals surface area contributed by atoms with Crippen molar-refractivity contribution in [2.75, 3.05) is 36.4 Å². The van der Waals surface area contributed by atoms with Gasteiger partial charge in [0.15, 0.2) is 0 Å². The molecule has 1 heterocycles. The maximum absolute atomic E-state index is 12.8. The fraction of sp³-hybridized carbons (Fsp3) is 0.462. The average Bonchev–Trinajstić information content (AvgIpc) is 3.32. The Labute approximate surface area is 185 Å². The first kappa shape index (κ1) is 21.4. The van der Waals surface area contributed by atoms with Gasteiger partial charge in [0.2, 0.25) is 5.91 Å². The summed E-state index contributed by atoms with van der Waals surface area (Å²) < 4.78 is 0. The highest BCUT2D eigenvalue weighted by atomic mass is 16.2. The lowest BCUT2D eigenvalue weighted by Gasteiger charge is -2.36. The van der Waals surface area contributed by atoms with Crippen molar-refractivity contribution in [1.29, 1.82) is 0 Å². The van der Waals surface area contributed by atoms with Gasteiger partial charge in [0.05, 0.1) is 0 Å². The molecule has 2 aromatic rings. The summed E-state index contributed by atoms with van der Waals surface area (Å²) in [4.78, 5) is 29.3. The van der Waals surface area contributed by atoms with Gasteiger partial charge >= 0.3 is 0 Å². The minimum atomic E-state index is 0.114. The third-order valence-corrected chi connectivity index (χ3v) is 6.71. The maximum Gasteiger partial charge on any atom is 0.254 e. The van der Waals surface area contributed by atoms with Crippen LogP contribution in [0.4, 0.5) is 11.4 Å². The van der Waals surface area contributed by atoms with Gasteiger partial charge in [0, 0.05) is 49.5 Å². The van der Waals surface area contributed by atoms with E-state index in [1.165, 1.54) is 25.7 Å². The van der Waals surface area contributed by atoms with Crippen LogP contribution < -0.4 is 10.2 Å². The van der Waals surface area contributed by atoms with Crippen LogP contribution in [0.2, 0.25) is 0 Å². The third-order valence-electron chi connectivity index (χ3n) is 6.71. The number of hydrogen-bond donors (Lipinski definition) is 1. The number of aryl methyl sites for hydroxylation is 1. The lowest BCUT2D eigenvalue weighted by atomic mass is 10.0. The van der Waals surface area contributed by atoms with Gasteiger partial charge in [-0.2, -0.15) is 0 Å². The van der Waals surface area contributed by atoms with Gasteiger partial charge in [-0.3, -0.25) is 9.59 Å². The van der Waals surface area contributed by atoms with Crippen LogP contribution in [0.5, 0.6) is 0 Å². The monoisotopic (exact) mass is 419 g/mol. The number of piperazine rings is 1. The molecule has 5 heteroatoms. The van der Waals surface area contributed by atoms with Gasteiger partial charge in [0.1, 0.15) is 0 Å². The van der Waals surface area contributed by atoms with Crippen molar-refractivity contribution in [3.63, 3.8) is 0 Å². The van der Waals surface area contributed by atoms with Gasteiger partial charge in [-0.15, -0.1) is 0 Å². The second-order valence-corrected chi connectivity index (χ2v) is 8.88. The Hall–Kier alpha value is -2.82. The number of rotatable bonds is 6. The van der Waals surface area contributed by atoms with Crippen molar-refractivity contribution in [2.45, 2.75) is 45.4 Å². The lowest BCUT2D eigenvalue weighted by molar-refractivity contribution is -0.116. The van der Waals surface area contributed by atoms with Crippen molar-refractivity contribution >= 4 is 23.2 Å². The summed E-state index contributed by atoms with van der Waals surface area (Å²) in [5.41, 5.74) is 3.81. The van der Waals surface area contributed by atoms with E-state index < -0.39 is 0 Å². The van der Waals surface area contributed by atoms with Crippen molar-refractivity contribution in [3.05, 3.63) is 59.7 Å². The first-order valence-corrected chi connectivity index (χ1v) is 11.6.